The Balaban J connectivity index is 1.82. The number of rotatable bonds is 4. The summed E-state index contributed by atoms with van der Waals surface area (Å²) in [6, 6.07) is 18.3. The zero-order valence-corrected chi connectivity index (χ0v) is 15.9. The Kier molecular flexibility index (Phi) is 4.28. The number of hydrogen-bond acceptors (Lipinski definition) is 4. The van der Waals surface area contributed by atoms with Crippen molar-refractivity contribution in [1.29, 1.82) is 0 Å². The van der Waals surface area contributed by atoms with E-state index in [4.69, 9.17) is 14.8 Å². The lowest BCUT2D eigenvalue weighted by Gasteiger charge is -2.10. The van der Waals surface area contributed by atoms with Crippen LogP contribution in [0.15, 0.2) is 54.6 Å². The number of fused-ring (bicyclic) bond motifs is 1. The minimum absolute atomic E-state index is 0.827. The minimum Gasteiger partial charge on any atom is -0.497 e. The maximum Gasteiger partial charge on any atom is 0.165 e. The summed E-state index contributed by atoms with van der Waals surface area (Å²) in [7, 11) is 1.66. The third-order valence-corrected chi connectivity index (χ3v) is 4.59. The van der Waals surface area contributed by atoms with Crippen LogP contribution < -0.4 is 10.1 Å². The molecule has 4 rings (SSSR count). The zero-order chi connectivity index (χ0) is 19.0. The number of aryl methyl sites for hydroxylation is 3. The molecule has 0 aliphatic rings. The number of methoxy groups -OCH3 is 1. The largest absolute Gasteiger partial charge is 0.497 e. The molecule has 0 spiro atoms. The molecule has 0 aliphatic carbocycles. The van der Waals surface area contributed by atoms with Crippen LogP contribution in [0.25, 0.3) is 16.8 Å². The summed E-state index contributed by atoms with van der Waals surface area (Å²) in [6.45, 7) is 6.11. The van der Waals surface area contributed by atoms with Gasteiger partial charge in [0.15, 0.2) is 5.65 Å². The molecule has 0 fully saturated rings. The van der Waals surface area contributed by atoms with Gasteiger partial charge in [-0.25, -0.2) is 4.98 Å². The van der Waals surface area contributed by atoms with Gasteiger partial charge in [0.1, 0.15) is 11.6 Å². The first-order valence-electron chi connectivity index (χ1n) is 8.90. The summed E-state index contributed by atoms with van der Waals surface area (Å²) >= 11 is 0. The van der Waals surface area contributed by atoms with Crippen LogP contribution in [-0.2, 0) is 0 Å². The van der Waals surface area contributed by atoms with E-state index in [9.17, 15) is 0 Å². The second kappa shape index (κ2) is 6.76. The van der Waals surface area contributed by atoms with Gasteiger partial charge in [-0.05, 0) is 50.6 Å². The molecule has 0 atom stereocenters. The number of hydrogen-bond donors (Lipinski definition) is 1. The molecular formula is C22H22N4O. The monoisotopic (exact) mass is 358 g/mol. The molecule has 0 radical (unpaired) electrons. The molecule has 0 bridgehead atoms. The van der Waals surface area contributed by atoms with Gasteiger partial charge in [0, 0.05) is 23.0 Å². The first kappa shape index (κ1) is 17.1. The number of benzene rings is 2. The lowest BCUT2D eigenvalue weighted by atomic mass is 10.0. The standard InChI is InChI=1S/C22H22N4O/c1-14-5-7-17(8-6-14)21-16(3)25-26-20(13-15(2)23-22(21)26)24-18-9-11-19(27-4)12-10-18/h5-13,24H,1-4H3. The summed E-state index contributed by atoms with van der Waals surface area (Å²) in [5.74, 6) is 1.71. The summed E-state index contributed by atoms with van der Waals surface area (Å²) in [6.07, 6.45) is 0. The topological polar surface area (TPSA) is 51.5 Å². The van der Waals surface area contributed by atoms with Crippen molar-refractivity contribution in [3.63, 3.8) is 0 Å². The van der Waals surface area contributed by atoms with E-state index in [1.54, 1.807) is 7.11 Å². The molecule has 2 aromatic heterocycles. The second-order valence-corrected chi connectivity index (χ2v) is 6.70. The number of anilines is 2. The first-order valence-corrected chi connectivity index (χ1v) is 8.90. The van der Waals surface area contributed by atoms with Gasteiger partial charge in [0.2, 0.25) is 0 Å². The van der Waals surface area contributed by atoms with E-state index in [0.717, 1.165) is 45.4 Å². The fraction of sp³-hybridized carbons (Fsp3) is 0.182. The third kappa shape index (κ3) is 3.24. The van der Waals surface area contributed by atoms with Crippen molar-refractivity contribution >= 4 is 17.2 Å². The van der Waals surface area contributed by atoms with Gasteiger partial charge in [-0.1, -0.05) is 29.8 Å². The highest BCUT2D eigenvalue weighted by Crippen LogP contribution is 2.30. The summed E-state index contributed by atoms with van der Waals surface area (Å²) < 4.78 is 7.11. The van der Waals surface area contributed by atoms with Crippen molar-refractivity contribution in [3.8, 4) is 16.9 Å². The van der Waals surface area contributed by atoms with Crippen LogP contribution in [0.2, 0.25) is 0 Å². The van der Waals surface area contributed by atoms with Crippen molar-refractivity contribution < 1.29 is 4.74 Å². The fourth-order valence-corrected chi connectivity index (χ4v) is 3.21. The van der Waals surface area contributed by atoms with Crippen LogP contribution in [0.5, 0.6) is 5.75 Å². The molecule has 4 aromatic rings. The van der Waals surface area contributed by atoms with Crippen molar-refractivity contribution in [3.05, 3.63) is 71.5 Å². The third-order valence-electron chi connectivity index (χ3n) is 4.59. The van der Waals surface area contributed by atoms with E-state index < -0.39 is 0 Å². The lowest BCUT2D eigenvalue weighted by Crippen LogP contribution is -2.02. The molecule has 2 heterocycles. The molecule has 0 saturated heterocycles. The Labute approximate surface area is 158 Å². The molecular weight excluding hydrogens is 336 g/mol. The van der Waals surface area contributed by atoms with Gasteiger partial charge in [0.05, 0.1) is 12.8 Å². The molecule has 27 heavy (non-hydrogen) atoms. The average molecular weight is 358 g/mol. The van der Waals surface area contributed by atoms with E-state index in [2.05, 4.69) is 36.5 Å². The quantitative estimate of drug-likeness (QED) is 0.553. The van der Waals surface area contributed by atoms with E-state index >= 15 is 0 Å². The summed E-state index contributed by atoms with van der Waals surface area (Å²) in [5.41, 5.74) is 7.14. The fourth-order valence-electron chi connectivity index (χ4n) is 3.21. The summed E-state index contributed by atoms with van der Waals surface area (Å²) in [5, 5.41) is 8.19. The van der Waals surface area contributed by atoms with Gasteiger partial charge in [-0.3, -0.25) is 0 Å². The average Bonchev–Trinajstić information content (AvgIpc) is 2.99. The van der Waals surface area contributed by atoms with Crippen LogP contribution in [0.1, 0.15) is 17.0 Å². The molecule has 1 N–H and O–H groups in total. The van der Waals surface area contributed by atoms with Crippen LogP contribution in [-0.4, -0.2) is 21.7 Å². The van der Waals surface area contributed by atoms with E-state index in [0.29, 0.717) is 0 Å². The van der Waals surface area contributed by atoms with Crippen molar-refractivity contribution in [2.45, 2.75) is 20.8 Å². The van der Waals surface area contributed by atoms with E-state index in [1.165, 1.54) is 5.56 Å². The smallest absolute Gasteiger partial charge is 0.165 e. The van der Waals surface area contributed by atoms with E-state index in [-0.39, 0.29) is 0 Å². The normalized spacial score (nSPS) is 11.0. The van der Waals surface area contributed by atoms with Gasteiger partial charge >= 0.3 is 0 Å². The van der Waals surface area contributed by atoms with Crippen LogP contribution in [0.3, 0.4) is 0 Å². The lowest BCUT2D eigenvalue weighted by molar-refractivity contribution is 0.415. The Hall–Kier alpha value is -3.34. The highest BCUT2D eigenvalue weighted by atomic mass is 16.5. The molecule has 0 aliphatic heterocycles. The van der Waals surface area contributed by atoms with Gasteiger partial charge in [-0.15, -0.1) is 0 Å². The number of aromatic nitrogens is 3. The van der Waals surface area contributed by atoms with Gasteiger partial charge in [0.25, 0.3) is 0 Å². The number of nitrogens with one attached hydrogen (secondary N) is 1. The molecule has 5 heteroatoms. The number of ether oxygens (including phenoxy) is 1. The molecule has 0 unspecified atom stereocenters. The Morgan fingerprint density at radius 1 is 0.926 bits per heavy atom. The highest BCUT2D eigenvalue weighted by molar-refractivity contribution is 5.81. The predicted molar refractivity (Wildman–Crippen MR) is 109 cm³/mol. The molecule has 5 nitrogen and oxygen atoms in total. The van der Waals surface area contributed by atoms with Gasteiger partial charge < -0.3 is 10.1 Å². The molecule has 2 aromatic carbocycles. The van der Waals surface area contributed by atoms with Crippen LogP contribution in [0, 0.1) is 20.8 Å². The maximum atomic E-state index is 5.23. The Morgan fingerprint density at radius 3 is 2.30 bits per heavy atom. The van der Waals surface area contributed by atoms with Crippen molar-refractivity contribution in [2.75, 3.05) is 12.4 Å². The minimum atomic E-state index is 0.827. The Morgan fingerprint density at radius 2 is 1.63 bits per heavy atom. The second-order valence-electron chi connectivity index (χ2n) is 6.70. The van der Waals surface area contributed by atoms with Gasteiger partial charge in [-0.2, -0.15) is 9.61 Å². The molecule has 136 valence electrons. The zero-order valence-electron chi connectivity index (χ0n) is 15.9. The summed E-state index contributed by atoms with van der Waals surface area (Å²) in [4.78, 5) is 4.77. The van der Waals surface area contributed by atoms with Crippen LogP contribution in [0.4, 0.5) is 11.5 Å². The molecule has 0 saturated carbocycles. The van der Waals surface area contributed by atoms with Crippen molar-refractivity contribution in [1.82, 2.24) is 14.6 Å². The maximum absolute atomic E-state index is 5.23. The van der Waals surface area contributed by atoms with E-state index in [1.807, 2.05) is 48.7 Å². The Bertz CT molecular complexity index is 1100. The SMILES string of the molecule is COc1ccc(Nc2cc(C)nc3c(-c4ccc(C)cc4)c(C)nn23)cc1. The van der Waals surface area contributed by atoms with Crippen molar-refractivity contribution in [2.24, 2.45) is 0 Å². The predicted octanol–water partition coefficient (Wildman–Crippen LogP) is 5.07. The highest BCUT2D eigenvalue weighted by Gasteiger charge is 2.16. The van der Waals surface area contributed by atoms with Crippen LogP contribution >= 0.6 is 0 Å². The first-order chi connectivity index (χ1) is 13.0. The molecule has 0 amide bonds. The number of nitrogens with zero attached hydrogens (tertiary/aromatic N) is 3.